The van der Waals surface area contributed by atoms with E-state index in [4.69, 9.17) is 14.2 Å². The molecular weight excluding hydrogens is 544 g/mol. The number of carbonyl (C=O) groups is 3. The number of aliphatic hydroxyl groups is 1. The Hall–Kier alpha value is -4.44. The van der Waals surface area contributed by atoms with Crippen LogP contribution in [0.2, 0.25) is 0 Å². The van der Waals surface area contributed by atoms with E-state index >= 15 is 0 Å². The second kappa shape index (κ2) is 12.8. The Kier molecular flexibility index (Phi) is 9.24. The van der Waals surface area contributed by atoms with Crippen LogP contribution >= 0.6 is 11.3 Å². The van der Waals surface area contributed by atoms with Crippen molar-refractivity contribution in [3.8, 4) is 11.5 Å². The van der Waals surface area contributed by atoms with Gasteiger partial charge in [0.05, 0.1) is 30.5 Å². The number of carbonyl (C=O) groups excluding carboxylic acids is 3. The predicted octanol–water partition coefficient (Wildman–Crippen LogP) is 5.92. The Labute approximate surface area is 242 Å². The largest absolute Gasteiger partial charge is 0.507 e. The summed E-state index contributed by atoms with van der Waals surface area (Å²) in [5.41, 5.74) is 2.09. The number of anilines is 1. The molecule has 1 N–H and O–H groups in total. The van der Waals surface area contributed by atoms with Crippen LogP contribution in [0.3, 0.4) is 0 Å². The number of rotatable bonds is 11. The molecule has 2 aromatic carbocycles. The maximum absolute atomic E-state index is 13.6. The summed E-state index contributed by atoms with van der Waals surface area (Å²) in [5, 5.41) is 11.5. The fourth-order valence-corrected chi connectivity index (χ4v) is 5.37. The van der Waals surface area contributed by atoms with E-state index in [1.54, 1.807) is 49.4 Å². The summed E-state index contributed by atoms with van der Waals surface area (Å²) in [6.07, 6.45) is 2.24. The number of nitrogens with zero attached hydrogens (tertiary/aromatic N) is 2. The Morgan fingerprint density at radius 2 is 1.83 bits per heavy atom. The quantitative estimate of drug-likeness (QED) is 0.0984. The zero-order valence-corrected chi connectivity index (χ0v) is 24.2. The van der Waals surface area contributed by atoms with Crippen molar-refractivity contribution < 1.29 is 33.7 Å². The highest BCUT2D eigenvalue weighted by molar-refractivity contribution is 7.17. The van der Waals surface area contributed by atoms with Gasteiger partial charge in [-0.3, -0.25) is 14.5 Å². The molecule has 1 fully saturated rings. The van der Waals surface area contributed by atoms with Gasteiger partial charge in [0, 0.05) is 5.56 Å². The van der Waals surface area contributed by atoms with Crippen molar-refractivity contribution in [1.29, 1.82) is 0 Å². The normalized spacial score (nSPS) is 16.1. The number of thiazole rings is 1. The first kappa shape index (κ1) is 29.5. The number of aromatic nitrogens is 1. The second-order valence-electron chi connectivity index (χ2n) is 9.32. The average Bonchev–Trinajstić information content (AvgIpc) is 3.47. The minimum atomic E-state index is -1.06. The minimum absolute atomic E-state index is 0.0131. The van der Waals surface area contributed by atoms with Gasteiger partial charge in [-0.05, 0) is 44.9 Å². The van der Waals surface area contributed by atoms with Crippen LogP contribution in [0, 0.1) is 13.8 Å². The molecule has 41 heavy (non-hydrogen) atoms. The molecule has 0 bridgehead atoms. The molecule has 1 atom stereocenters. The van der Waals surface area contributed by atoms with E-state index < -0.39 is 23.7 Å². The summed E-state index contributed by atoms with van der Waals surface area (Å²) < 4.78 is 16.9. The summed E-state index contributed by atoms with van der Waals surface area (Å²) in [6, 6.07) is 11.1. The molecule has 1 amide bonds. The van der Waals surface area contributed by atoms with E-state index in [0.29, 0.717) is 41.5 Å². The summed E-state index contributed by atoms with van der Waals surface area (Å²) in [4.78, 5) is 45.6. The number of amides is 1. The van der Waals surface area contributed by atoms with Crippen LogP contribution in [-0.4, -0.2) is 47.6 Å². The van der Waals surface area contributed by atoms with Gasteiger partial charge in [-0.25, -0.2) is 9.78 Å². The number of aliphatic hydroxyl groups excluding tert-OH is 1. The molecule has 1 aliphatic rings. The van der Waals surface area contributed by atoms with Gasteiger partial charge in [-0.1, -0.05) is 66.8 Å². The lowest BCUT2D eigenvalue weighted by Gasteiger charge is -2.24. The van der Waals surface area contributed by atoms with Crippen LogP contribution in [0.5, 0.6) is 11.5 Å². The zero-order chi connectivity index (χ0) is 29.7. The van der Waals surface area contributed by atoms with Crippen molar-refractivity contribution in [1.82, 2.24) is 4.98 Å². The molecule has 3 aromatic rings. The molecule has 0 spiro atoms. The highest BCUT2D eigenvalue weighted by Gasteiger charge is 2.48. The van der Waals surface area contributed by atoms with Crippen molar-refractivity contribution in [2.45, 2.75) is 40.2 Å². The fourth-order valence-electron chi connectivity index (χ4n) is 4.38. The van der Waals surface area contributed by atoms with E-state index in [2.05, 4.69) is 11.6 Å². The summed E-state index contributed by atoms with van der Waals surface area (Å²) >= 11 is 0.933. The van der Waals surface area contributed by atoms with Crippen LogP contribution < -0.4 is 14.4 Å². The minimum Gasteiger partial charge on any atom is -0.507 e. The molecule has 1 unspecified atom stereocenters. The van der Waals surface area contributed by atoms with Gasteiger partial charge in [0.15, 0.2) is 16.6 Å². The smallest absolute Gasteiger partial charge is 0.350 e. The topological polar surface area (TPSA) is 115 Å². The highest BCUT2D eigenvalue weighted by Crippen LogP contribution is 2.45. The number of ketones is 1. The standard InChI is InChI=1S/C31H32N2O7S/c1-6-15-39-22-14-13-21(17-23(22)38-8-3)25-24(26(34)20-11-9-18(4)10-12-20)27(35)29(36)33(25)31-32-19(5)28(41-31)30(37)40-16-7-2/h7,9-14,17,25,34H,2,6,8,15-16H2,1,3-5H3. The molecule has 2 heterocycles. The Morgan fingerprint density at radius 1 is 1.10 bits per heavy atom. The first-order valence-corrected chi connectivity index (χ1v) is 14.1. The van der Waals surface area contributed by atoms with Crippen LogP contribution in [0.4, 0.5) is 5.13 Å². The van der Waals surface area contributed by atoms with E-state index in [1.807, 2.05) is 20.8 Å². The number of hydrogen-bond acceptors (Lipinski definition) is 9. The SMILES string of the molecule is C=CCOC(=O)c1sc(N2C(=O)C(=O)C(=C(O)c3ccc(C)cc3)C2c2ccc(OCCC)c(OCC)c2)nc1C. The van der Waals surface area contributed by atoms with Crippen molar-refractivity contribution in [2.75, 3.05) is 24.7 Å². The first-order chi connectivity index (χ1) is 19.7. The number of hydrogen-bond donors (Lipinski definition) is 1. The number of Topliss-reactive ketones (excluding diaryl/α,β-unsaturated/α-hetero) is 1. The van der Waals surface area contributed by atoms with E-state index in [0.717, 1.165) is 23.3 Å². The van der Waals surface area contributed by atoms with E-state index in [9.17, 15) is 19.5 Å². The Balaban J connectivity index is 1.91. The molecule has 0 aliphatic carbocycles. The lowest BCUT2D eigenvalue weighted by molar-refractivity contribution is -0.132. The maximum Gasteiger partial charge on any atom is 0.350 e. The van der Waals surface area contributed by atoms with Crippen molar-refractivity contribution in [2.24, 2.45) is 0 Å². The summed E-state index contributed by atoms with van der Waals surface area (Å²) in [5.74, 6) is -1.74. The third-order valence-corrected chi connectivity index (χ3v) is 7.46. The number of ether oxygens (including phenoxy) is 3. The average molecular weight is 577 g/mol. The number of benzene rings is 2. The van der Waals surface area contributed by atoms with Gasteiger partial charge in [0.1, 0.15) is 17.2 Å². The first-order valence-electron chi connectivity index (χ1n) is 13.2. The van der Waals surface area contributed by atoms with Gasteiger partial charge < -0.3 is 19.3 Å². The third kappa shape index (κ3) is 6.02. The third-order valence-electron chi connectivity index (χ3n) is 6.32. The van der Waals surface area contributed by atoms with Gasteiger partial charge in [0.25, 0.3) is 5.78 Å². The second-order valence-corrected chi connectivity index (χ2v) is 10.3. The fraction of sp³-hybridized carbons (Fsp3) is 0.290. The van der Waals surface area contributed by atoms with Crippen LogP contribution in [-0.2, 0) is 14.3 Å². The number of esters is 1. The number of aryl methyl sites for hydroxylation is 2. The molecular formula is C31H32N2O7S. The van der Waals surface area contributed by atoms with Crippen LogP contribution in [0.25, 0.3) is 5.76 Å². The Morgan fingerprint density at radius 3 is 2.49 bits per heavy atom. The molecule has 214 valence electrons. The molecule has 1 aromatic heterocycles. The van der Waals surface area contributed by atoms with Gasteiger partial charge in [-0.15, -0.1) is 0 Å². The molecule has 9 nitrogen and oxygen atoms in total. The lowest BCUT2D eigenvalue weighted by Crippen LogP contribution is -2.29. The maximum atomic E-state index is 13.6. The highest BCUT2D eigenvalue weighted by atomic mass is 32.1. The molecule has 1 saturated heterocycles. The summed E-state index contributed by atoms with van der Waals surface area (Å²) in [6.45, 7) is 11.8. The van der Waals surface area contributed by atoms with Crippen molar-refractivity contribution in [3.63, 3.8) is 0 Å². The summed E-state index contributed by atoms with van der Waals surface area (Å²) in [7, 11) is 0. The molecule has 0 radical (unpaired) electrons. The molecule has 10 heteroatoms. The van der Waals surface area contributed by atoms with Gasteiger partial charge in [0.2, 0.25) is 0 Å². The predicted molar refractivity (Wildman–Crippen MR) is 157 cm³/mol. The monoisotopic (exact) mass is 576 g/mol. The van der Waals surface area contributed by atoms with Crippen LogP contribution in [0.1, 0.15) is 58.4 Å². The molecule has 1 aliphatic heterocycles. The van der Waals surface area contributed by atoms with E-state index in [-0.39, 0.29) is 27.9 Å². The van der Waals surface area contributed by atoms with Crippen molar-refractivity contribution in [3.05, 3.63) is 88.0 Å². The molecule has 4 rings (SSSR count). The zero-order valence-electron chi connectivity index (χ0n) is 23.4. The lowest BCUT2D eigenvalue weighted by atomic mass is 9.95. The van der Waals surface area contributed by atoms with Crippen molar-refractivity contribution >= 4 is 39.9 Å². The Bertz CT molecular complexity index is 1510. The van der Waals surface area contributed by atoms with Crippen LogP contribution in [0.15, 0.2) is 60.7 Å². The van der Waals surface area contributed by atoms with Gasteiger partial charge >= 0.3 is 11.9 Å². The van der Waals surface area contributed by atoms with Gasteiger partial charge in [-0.2, -0.15) is 0 Å². The van der Waals surface area contributed by atoms with E-state index in [1.165, 1.54) is 11.0 Å². The molecule has 0 saturated carbocycles.